The molecule has 0 aliphatic rings. The molecule has 5 heteroatoms. The molecule has 0 spiro atoms. The van der Waals surface area contributed by atoms with Gasteiger partial charge in [0.15, 0.2) is 0 Å². The van der Waals surface area contributed by atoms with Crippen molar-refractivity contribution in [2.24, 2.45) is 0 Å². The minimum atomic E-state index is 0.447. The van der Waals surface area contributed by atoms with Gasteiger partial charge in [-0.3, -0.25) is 4.98 Å². The van der Waals surface area contributed by atoms with Crippen LogP contribution in [0.4, 0.5) is 0 Å². The number of hydrogen-bond donors (Lipinski definition) is 1. The van der Waals surface area contributed by atoms with E-state index in [-0.39, 0.29) is 0 Å². The van der Waals surface area contributed by atoms with E-state index in [1.807, 2.05) is 30.3 Å². The predicted molar refractivity (Wildman–Crippen MR) is 83.6 cm³/mol. The molecule has 1 heterocycles. The smallest absolute Gasteiger partial charge is 0.142 e. The Labute approximate surface area is 130 Å². The number of methoxy groups -OCH3 is 1. The topological polar surface area (TPSA) is 43.4 Å². The van der Waals surface area contributed by atoms with Gasteiger partial charge >= 0.3 is 0 Å². The molecule has 112 valence electrons. The number of para-hydroxylation sites is 1. The summed E-state index contributed by atoms with van der Waals surface area (Å²) < 4.78 is 10.9. The van der Waals surface area contributed by atoms with E-state index in [9.17, 15) is 0 Å². The third-order valence-corrected chi connectivity index (χ3v) is 3.25. The van der Waals surface area contributed by atoms with E-state index >= 15 is 0 Å². The molecule has 0 aliphatic heterocycles. The maximum absolute atomic E-state index is 6.24. The van der Waals surface area contributed by atoms with Gasteiger partial charge in [0, 0.05) is 43.7 Å². The number of nitrogens with zero attached hydrogens (tertiary/aromatic N) is 1. The van der Waals surface area contributed by atoms with E-state index in [1.54, 1.807) is 19.5 Å². The fraction of sp³-hybridized carbons (Fsp3) is 0.312. The van der Waals surface area contributed by atoms with Gasteiger partial charge in [0.2, 0.25) is 0 Å². The highest BCUT2D eigenvalue weighted by atomic mass is 35.5. The molecule has 1 aromatic carbocycles. The summed E-state index contributed by atoms with van der Waals surface area (Å²) in [5.41, 5.74) is 2.04. The number of halogens is 1. The van der Waals surface area contributed by atoms with Gasteiger partial charge in [-0.05, 0) is 12.1 Å². The minimum absolute atomic E-state index is 0.447. The van der Waals surface area contributed by atoms with Crippen molar-refractivity contribution < 1.29 is 9.47 Å². The third-order valence-electron chi connectivity index (χ3n) is 2.95. The van der Waals surface area contributed by atoms with Gasteiger partial charge < -0.3 is 14.8 Å². The lowest BCUT2D eigenvalue weighted by Crippen LogP contribution is -2.19. The maximum atomic E-state index is 6.24. The fourth-order valence-corrected chi connectivity index (χ4v) is 2.14. The Morgan fingerprint density at radius 1 is 1.24 bits per heavy atom. The van der Waals surface area contributed by atoms with Crippen LogP contribution in [0.25, 0.3) is 0 Å². The van der Waals surface area contributed by atoms with Crippen LogP contribution in [0.1, 0.15) is 11.1 Å². The van der Waals surface area contributed by atoms with Crippen molar-refractivity contribution in [2.45, 2.75) is 13.2 Å². The standard InChI is InChI=1S/C16H19ClN2O2/c1-20-9-8-19-11-14-5-2-6-15(17)16(14)21-12-13-4-3-7-18-10-13/h2-7,10,19H,8-9,11-12H2,1H3. The van der Waals surface area contributed by atoms with Crippen LogP contribution in [-0.4, -0.2) is 25.2 Å². The minimum Gasteiger partial charge on any atom is -0.487 e. The molecular weight excluding hydrogens is 288 g/mol. The maximum Gasteiger partial charge on any atom is 0.142 e. The number of rotatable bonds is 8. The average molecular weight is 307 g/mol. The van der Waals surface area contributed by atoms with Gasteiger partial charge in [-0.1, -0.05) is 29.8 Å². The number of hydrogen-bond acceptors (Lipinski definition) is 4. The zero-order valence-corrected chi connectivity index (χ0v) is 12.8. The lowest BCUT2D eigenvalue weighted by Gasteiger charge is -2.13. The monoisotopic (exact) mass is 306 g/mol. The summed E-state index contributed by atoms with van der Waals surface area (Å²) in [7, 11) is 1.68. The SMILES string of the molecule is COCCNCc1cccc(Cl)c1OCc1cccnc1. The summed E-state index contributed by atoms with van der Waals surface area (Å²) in [5.74, 6) is 0.716. The van der Waals surface area contributed by atoms with Crippen molar-refractivity contribution in [3.05, 3.63) is 58.9 Å². The average Bonchev–Trinajstić information content (AvgIpc) is 2.52. The molecule has 0 saturated carbocycles. The van der Waals surface area contributed by atoms with Crippen molar-refractivity contribution >= 4 is 11.6 Å². The van der Waals surface area contributed by atoms with Crippen molar-refractivity contribution in [1.82, 2.24) is 10.3 Å². The molecule has 21 heavy (non-hydrogen) atoms. The predicted octanol–water partition coefficient (Wildman–Crippen LogP) is 3.05. The zero-order chi connectivity index (χ0) is 14.9. The molecule has 0 saturated heterocycles. The molecule has 2 rings (SSSR count). The molecule has 0 radical (unpaired) electrons. The molecular formula is C16H19ClN2O2. The largest absolute Gasteiger partial charge is 0.487 e. The van der Waals surface area contributed by atoms with Gasteiger partial charge in [0.05, 0.1) is 11.6 Å². The van der Waals surface area contributed by atoms with Crippen molar-refractivity contribution in [3.63, 3.8) is 0 Å². The summed E-state index contributed by atoms with van der Waals surface area (Å²) in [5, 5.41) is 3.91. The number of aromatic nitrogens is 1. The van der Waals surface area contributed by atoms with Gasteiger partial charge in [-0.15, -0.1) is 0 Å². The first kappa shape index (κ1) is 15.8. The second-order valence-electron chi connectivity index (χ2n) is 4.55. The van der Waals surface area contributed by atoms with E-state index < -0.39 is 0 Å². The molecule has 0 bridgehead atoms. The normalized spacial score (nSPS) is 10.6. The molecule has 1 N–H and O–H groups in total. The zero-order valence-electron chi connectivity index (χ0n) is 12.0. The quantitative estimate of drug-likeness (QED) is 0.761. The Morgan fingerprint density at radius 2 is 2.14 bits per heavy atom. The second kappa shape index (κ2) is 8.62. The van der Waals surface area contributed by atoms with Gasteiger partial charge in [0.25, 0.3) is 0 Å². The molecule has 4 nitrogen and oxygen atoms in total. The summed E-state index contributed by atoms with van der Waals surface area (Å²) in [4.78, 5) is 4.07. The van der Waals surface area contributed by atoms with E-state index in [0.29, 0.717) is 30.5 Å². The second-order valence-corrected chi connectivity index (χ2v) is 4.95. The van der Waals surface area contributed by atoms with Crippen LogP contribution in [0.3, 0.4) is 0 Å². The number of pyridine rings is 1. The Morgan fingerprint density at radius 3 is 2.90 bits per heavy atom. The summed E-state index contributed by atoms with van der Waals surface area (Å²) >= 11 is 6.24. The molecule has 0 amide bonds. The van der Waals surface area contributed by atoms with Crippen LogP contribution in [-0.2, 0) is 17.9 Å². The van der Waals surface area contributed by atoms with Gasteiger partial charge in [-0.25, -0.2) is 0 Å². The Bertz CT molecular complexity index is 549. The first-order chi connectivity index (χ1) is 10.3. The molecule has 0 aliphatic carbocycles. The Kier molecular flexibility index (Phi) is 6.47. The molecule has 0 fully saturated rings. The van der Waals surface area contributed by atoms with Crippen molar-refractivity contribution in [1.29, 1.82) is 0 Å². The summed E-state index contributed by atoms with van der Waals surface area (Å²) in [6, 6.07) is 9.62. The highest BCUT2D eigenvalue weighted by Gasteiger charge is 2.08. The van der Waals surface area contributed by atoms with E-state index in [2.05, 4.69) is 10.3 Å². The highest BCUT2D eigenvalue weighted by molar-refractivity contribution is 6.32. The number of benzene rings is 1. The number of ether oxygens (including phenoxy) is 2. The molecule has 0 unspecified atom stereocenters. The number of nitrogens with one attached hydrogen (secondary N) is 1. The van der Waals surface area contributed by atoms with Crippen LogP contribution in [0.2, 0.25) is 5.02 Å². The molecule has 2 aromatic rings. The first-order valence-electron chi connectivity index (χ1n) is 6.80. The van der Waals surface area contributed by atoms with Crippen LogP contribution < -0.4 is 10.1 Å². The van der Waals surface area contributed by atoms with Crippen LogP contribution in [0.5, 0.6) is 5.75 Å². The van der Waals surface area contributed by atoms with Gasteiger partial charge in [-0.2, -0.15) is 0 Å². The Balaban J connectivity index is 2.00. The summed E-state index contributed by atoms with van der Waals surface area (Å²) in [6.45, 7) is 2.59. The molecule has 0 atom stereocenters. The fourth-order valence-electron chi connectivity index (χ4n) is 1.89. The van der Waals surface area contributed by atoms with Crippen molar-refractivity contribution in [2.75, 3.05) is 20.3 Å². The lowest BCUT2D eigenvalue weighted by atomic mass is 10.2. The molecule has 1 aromatic heterocycles. The van der Waals surface area contributed by atoms with Crippen LogP contribution in [0.15, 0.2) is 42.7 Å². The highest BCUT2D eigenvalue weighted by Crippen LogP contribution is 2.29. The van der Waals surface area contributed by atoms with Crippen molar-refractivity contribution in [3.8, 4) is 5.75 Å². The first-order valence-corrected chi connectivity index (χ1v) is 7.18. The van der Waals surface area contributed by atoms with Crippen LogP contribution >= 0.6 is 11.6 Å². The van der Waals surface area contributed by atoms with Crippen LogP contribution in [0, 0.1) is 0 Å². The van der Waals surface area contributed by atoms with E-state index in [1.165, 1.54) is 0 Å². The van der Waals surface area contributed by atoms with Gasteiger partial charge in [0.1, 0.15) is 12.4 Å². The van der Waals surface area contributed by atoms with E-state index in [4.69, 9.17) is 21.1 Å². The Hall–Kier alpha value is -1.62. The lowest BCUT2D eigenvalue weighted by molar-refractivity contribution is 0.199. The summed E-state index contributed by atoms with van der Waals surface area (Å²) in [6.07, 6.45) is 3.53. The van der Waals surface area contributed by atoms with E-state index in [0.717, 1.165) is 17.7 Å². The third kappa shape index (κ3) is 5.01.